The zero-order valence-electron chi connectivity index (χ0n) is 16.2. The second-order valence-electron chi connectivity index (χ2n) is 8.59. The quantitative estimate of drug-likeness (QED) is 0.534. The third kappa shape index (κ3) is 4.40. The van der Waals surface area contributed by atoms with E-state index in [1.807, 2.05) is 0 Å². The van der Waals surface area contributed by atoms with Crippen LogP contribution in [0.5, 0.6) is 0 Å². The molecule has 0 saturated heterocycles. The first-order chi connectivity index (χ1) is 12.9. The van der Waals surface area contributed by atoms with Crippen LogP contribution in [0.3, 0.4) is 0 Å². The van der Waals surface area contributed by atoms with Crippen molar-refractivity contribution in [2.75, 3.05) is 0 Å². The lowest BCUT2D eigenvalue weighted by atomic mass is 9.44. The zero-order valence-corrected chi connectivity index (χ0v) is 16.2. The fourth-order valence-corrected chi connectivity index (χ4v) is 4.86. The van der Waals surface area contributed by atoms with Crippen LogP contribution in [0.2, 0.25) is 0 Å². The number of unbranched alkanes of at least 4 members (excludes halogenated alkanes) is 1. The Kier molecular flexibility index (Phi) is 5.98. The summed E-state index contributed by atoms with van der Waals surface area (Å²) in [7, 11) is 0. The van der Waals surface area contributed by atoms with Crippen molar-refractivity contribution in [3.8, 4) is 0 Å². The highest BCUT2D eigenvalue weighted by Gasteiger charge is 2.57. The molecule has 2 N–H and O–H groups in total. The Bertz CT molecular complexity index is 699. The molecule has 5 heteroatoms. The number of nitrogens with zero attached hydrogens (tertiary/aromatic N) is 1. The van der Waals surface area contributed by atoms with Gasteiger partial charge in [0.1, 0.15) is 0 Å². The van der Waals surface area contributed by atoms with Crippen LogP contribution in [-0.2, 0) is 4.79 Å². The minimum atomic E-state index is -0.740. The summed E-state index contributed by atoms with van der Waals surface area (Å²) in [5, 5.41) is 12.0. The lowest BCUT2D eigenvalue weighted by Crippen LogP contribution is -2.63. The minimum Gasteiger partial charge on any atom is -0.481 e. The van der Waals surface area contributed by atoms with Crippen molar-refractivity contribution in [3.05, 3.63) is 42.2 Å². The number of aromatic nitrogens is 1. The van der Waals surface area contributed by atoms with Gasteiger partial charge >= 0.3 is 5.97 Å². The normalized spacial score (nSPS) is 28.5. The summed E-state index contributed by atoms with van der Waals surface area (Å²) >= 11 is 0. The summed E-state index contributed by atoms with van der Waals surface area (Å²) in [5.41, 5.74) is 0.897. The van der Waals surface area contributed by atoms with Gasteiger partial charge in [-0.3, -0.25) is 14.6 Å². The van der Waals surface area contributed by atoms with Crippen molar-refractivity contribution in [1.29, 1.82) is 0 Å². The number of pyridine rings is 1. The predicted molar refractivity (Wildman–Crippen MR) is 104 cm³/mol. The van der Waals surface area contributed by atoms with E-state index in [9.17, 15) is 9.59 Å². The van der Waals surface area contributed by atoms with Crippen LogP contribution in [-0.4, -0.2) is 28.0 Å². The van der Waals surface area contributed by atoms with Gasteiger partial charge in [-0.25, -0.2) is 0 Å². The van der Waals surface area contributed by atoms with E-state index in [1.54, 1.807) is 24.5 Å². The first-order valence-corrected chi connectivity index (χ1v) is 9.97. The molecule has 1 amide bonds. The second kappa shape index (κ2) is 8.24. The molecule has 4 atom stereocenters. The molecule has 1 aromatic heterocycles. The number of nitrogens with one attached hydrogen (secondary N) is 1. The van der Waals surface area contributed by atoms with Gasteiger partial charge in [0, 0.05) is 24.9 Å². The number of aliphatic carboxylic acids is 1. The Morgan fingerprint density at radius 1 is 1.33 bits per heavy atom. The van der Waals surface area contributed by atoms with E-state index in [-0.39, 0.29) is 23.8 Å². The van der Waals surface area contributed by atoms with E-state index in [0.29, 0.717) is 23.8 Å². The predicted octanol–water partition coefficient (Wildman–Crippen LogP) is 4.06. The molecule has 146 valence electrons. The summed E-state index contributed by atoms with van der Waals surface area (Å²) < 4.78 is 0. The third-order valence-corrected chi connectivity index (χ3v) is 6.66. The molecule has 3 aliphatic carbocycles. The average molecular weight is 370 g/mol. The Morgan fingerprint density at radius 2 is 2.15 bits per heavy atom. The lowest BCUT2D eigenvalue weighted by molar-refractivity contribution is -0.137. The van der Waals surface area contributed by atoms with Gasteiger partial charge in [-0.2, -0.15) is 0 Å². The molecule has 4 rings (SSSR count). The lowest BCUT2D eigenvalue weighted by Gasteiger charge is -2.62. The maximum absolute atomic E-state index is 12.7. The van der Waals surface area contributed by atoms with E-state index >= 15 is 0 Å². The number of hydrogen-bond acceptors (Lipinski definition) is 3. The maximum atomic E-state index is 12.7. The molecule has 2 bridgehead atoms. The standard InChI is InChI=1S/C22H30N2O3/c1-22(2)17-12-15(8-5-3-4-6-10-19(25)26)20(18(22)13-17)24-21(27)16-9-7-11-23-14-16/h3,5,7,9,11,14-15,17-18,20H,4,6,8,10,12-13H2,1-2H3,(H,24,27)(H,25,26)/b5-3-/t15-,17-,18-,20+/m0/s1. The highest BCUT2D eigenvalue weighted by molar-refractivity contribution is 5.94. The van der Waals surface area contributed by atoms with Crippen LogP contribution in [0.25, 0.3) is 0 Å². The Morgan fingerprint density at radius 3 is 2.81 bits per heavy atom. The SMILES string of the molecule is CC1(C)[C@H]2C[C@H](C/C=C\CCCC(=O)O)[C@@H](NC(=O)c3cccnc3)[C@@H]1C2. The number of rotatable bonds is 8. The topological polar surface area (TPSA) is 79.3 Å². The molecule has 5 nitrogen and oxygen atoms in total. The van der Waals surface area contributed by atoms with Gasteiger partial charge in [-0.1, -0.05) is 26.0 Å². The van der Waals surface area contributed by atoms with Gasteiger partial charge in [0.15, 0.2) is 0 Å². The maximum Gasteiger partial charge on any atom is 0.303 e. The number of amides is 1. The van der Waals surface area contributed by atoms with Crippen LogP contribution in [0.15, 0.2) is 36.7 Å². The summed E-state index contributed by atoms with van der Waals surface area (Å²) in [5.74, 6) is 0.917. The molecule has 3 fully saturated rings. The van der Waals surface area contributed by atoms with Crippen molar-refractivity contribution in [2.24, 2.45) is 23.2 Å². The molecule has 1 heterocycles. The third-order valence-electron chi connectivity index (χ3n) is 6.66. The van der Waals surface area contributed by atoms with Gasteiger partial charge in [0.2, 0.25) is 0 Å². The zero-order chi connectivity index (χ0) is 19.4. The second-order valence-corrected chi connectivity index (χ2v) is 8.59. The summed E-state index contributed by atoms with van der Waals surface area (Å²) in [6.45, 7) is 4.65. The van der Waals surface area contributed by atoms with Crippen LogP contribution >= 0.6 is 0 Å². The largest absolute Gasteiger partial charge is 0.481 e. The average Bonchev–Trinajstić information content (AvgIpc) is 2.65. The van der Waals surface area contributed by atoms with Crippen LogP contribution in [0.1, 0.15) is 62.7 Å². The molecule has 27 heavy (non-hydrogen) atoms. The van der Waals surface area contributed by atoms with E-state index in [0.717, 1.165) is 25.2 Å². The van der Waals surface area contributed by atoms with Gasteiger partial charge in [0.25, 0.3) is 5.91 Å². The Labute approximate surface area is 161 Å². The minimum absolute atomic E-state index is 0.0373. The summed E-state index contributed by atoms with van der Waals surface area (Å²) in [4.78, 5) is 27.3. The monoisotopic (exact) mass is 370 g/mol. The number of carboxylic acids is 1. The Balaban J connectivity index is 1.61. The van der Waals surface area contributed by atoms with E-state index in [1.165, 1.54) is 6.42 Å². The fraction of sp³-hybridized carbons (Fsp3) is 0.591. The highest BCUT2D eigenvalue weighted by atomic mass is 16.4. The van der Waals surface area contributed by atoms with Gasteiger partial charge in [-0.15, -0.1) is 0 Å². The van der Waals surface area contributed by atoms with Crippen molar-refractivity contribution in [3.63, 3.8) is 0 Å². The van der Waals surface area contributed by atoms with Gasteiger partial charge in [0.05, 0.1) is 5.56 Å². The van der Waals surface area contributed by atoms with Crippen LogP contribution in [0, 0.1) is 23.2 Å². The molecule has 0 radical (unpaired) electrons. The molecule has 0 unspecified atom stereocenters. The van der Waals surface area contributed by atoms with Crippen molar-refractivity contribution >= 4 is 11.9 Å². The molecular formula is C22H30N2O3. The molecule has 0 spiro atoms. The number of allylic oxidation sites excluding steroid dienone is 2. The Hall–Kier alpha value is -2.17. The number of carboxylic acid groups (broad SMARTS) is 1. The van der Waals surface area contributed by atoms with E-state index in [2.05, 4.69) is 36.3 Å². The molecule has 3 aliphatic rings. The number of fused-ring (bicyclic) bond motifs is 2. The molecule has 0 aliphatic heterocycles. The summed E-state index contributed by atoms with van der Waals surface area (Å²) in [6, 6.07) is 3.77. The first-order valence-electron chi connectivity index (χ1n) is 9.97. The molecule has 3 saturated carbocycles. The van der Waals surface area contributed by atoms with E-state index < -0.39 is 5.97 Å². The first kappa shape index (κ1) is 19.6. The molecule has 0 aromatic carbocycles. The number of carbonyl (C=O) groups is 2. The van der Waals surface area contributed by atoms with Crippen molar-refractivity contribution in [2.45, 2.75) is 58.4 Å². The molecule has 1 aromatic rings. The van der Waals surface area contributed by atoms with Crippen LogP contribution in [0.4, 0.5) is 0 Å². The smallest absolute Gasteiger partial charge is 0.303 e. The highest BCUT2D eigenvalue weighted by Crippen LogP contribution is 2.61. The van der Waals surface area contributed by atoms with E-state index in [4.69, 9.17) is 5.11 Å². The van der Waals surface area contributed by atoms with Gasteiger partial charge < -0.3 is 10.4 Å². The fourth-order valence-electron chi connectivity index (χ4n) is 4.86. The molecular weight excluding hydrogens is 340 g/mol. The number of carbonyl (C=O) groups excluding carboxylic acids is 1. The van der Waals surface area contributed by atoms with Gasteiger partial charge in [-0.05, 0) is 67.4 Å². The summed E-state index contributed by atoms with van der Waals surface area (Å²) in [6.07, 6.45) is 12.5. The number of hydrogen-bond donors (Lipinski definition) is 2. The van der Waals surface area contributed by atoms with Crippen molar-refractivity contribution in [1.82, 2.24) is 10.3 Å². The van der Waals surface area contributed by atoms with Crippen molar-refractivity contribution < 1.29 is 14.7 Å². The van der Waals surface area contributed by atoms with Crippen LogP contribution < -0.4 is 5.32 Å².